The lowest BCUT2D eigenvalue weighted by Gasteiger charge is -2.46. The van der Waals surface area contributed by atoms with Crippen molar-refractivity contribution in [3.05, 3.63) is 0 Å². The van der Waals surface area contributed by atoms with Crippen LogP contribution in [0.1, 0.15) is 135 Å². The van der Waals surface area contributed by atoms with E-state index in [1.807, 2.05) is 0 Å². The average molecular weight is 445 g/mol. The second-order valence-electron chi connectivity index (χ2n) is 9.79. The van der Waals surface area contributed by atoms with Crippen molar-refractivity contribution in [1.82, 2.24) is 0 Å². The third kappa shape index (κ3) is 14.5. The molecule has 188 valence electrons. The first-order valence-corrected chi connectivity index (χ1v) is 13.4. The molecule has 7 N–H and O–H groups in total. The van der Waals surface area contributed by atoms with Gasteiger partial charge in [-0.2, -0.15) is 0 Å². The summed E-state index contributed by atoms with van der Waals surface area (Å²) in [6.45, 7) is 2.14. The molecule has 0 aromatic rings. The molecule has 0 spiro atoms. The van der Waals surface area contributed by atoms with Crippen LogP contribution in [-0.4, -0.2) is 46.2 Å². The minimum Gasteiger partial charge on any atom is -0.396 e. The zero-order valence-electron chi connectivity index (χ0n) is 20.8. The highest BCUT2D eigenvalue weighted by atomic mass is 16.3. The standard InChI is InChI=1S/C26H56N2O3/c1-2-3-4-5-6-7-8-9-10-11-12-13-14-15-16-17-18-25(27,19-22-29)26(28,20-23-30)21-24-31/h29-31H,2-24,27-28H2,1H3. The number of hydrogen-bond acceptors (Lipinski definition) is 5. The SMILES string of the molecule is CCCCCCCCCCCCCCCCCCC(N)(CCO)C(N)(CCO)CCO. The molecule has 31 heavy (non-hydrogen) atoms. The zero-order chi connectivity index (χ0) is 23.3. The molecule has 0 bridgehead atoms. The third-order valence-corrected chi connectivity index (χ3v) is 7.14. The summed E-state index contributed by atoms with van der Waals surface area (Å²) in [5.41, 5.74) is 11.5. The van der Waals surface area contributed by atoms with Crippen molar-refractivity contribution in [2.45, 2.75) is 146 Å². The maximum Gasteiger partial charge on any atom is 0.0449 e. The summed E-state index contributed by atoms with van der Waals surface area (Å²) in [7, 11) is 0. The van der Waals surface area contributed by atoms with Crippen molar-refractivity contribution >= 4 is 0 Å². The molecule has 0 aliphatic heterocycles. The molecule has 0 saturated carbocycles. The van der Waals surface area contributed by atoms with E-state index < -0.39 is 11.1 Å². The van der Waals surface area contributed by atoms with E-state index in [1.165, 1.54) is 89.9 Å². The van der Waals surface area contributed by atoms with Gasteiger partial charge in [0, 0.05) is 30.9 Å². The van der Waals surface area contributed by atoms with Crippen molar-refractivity contribution in [1.29, 1.82) is 0 Å². The minimum absolute atomic E-state index is 0.0227. The molecule has 0 aliphatic carbocycles. The topological polar surface area (TPSA) is 113 Å². The summed E-state index contributed by atoms with van der Waals surface area (Å²) < 4.78 is 0. The fourth-order valence-corrected chi connectivity index (χ4v) is 4.83. The highest BCUT2D eigenvalue weighted by Gasteiger charge is 2.44. The van der Waals surface area contributed by atoms with E-state index in [1.54, 1.807) is 0 Å². The molecular weight excluding hydrogens is 388 g/mol. The van der Waals surface area contributed by atoms with Gasteiger partial charge in [0.15, 0.2) is 0 Å². The quantitative estimate of drug-likeness (QED) is 0.132. The summed E-state index contributed by atoms with van der Waals surface area (Å²) in [5.74, 6) is 0. The molecule has 0 aliphatic rings. The molecule has 0 amide bonds. The molecule has 0 aromatic carbocycles. The van der Waals surface area contributed by atoms with Gasteiger partial charge in [-0.25, -0.2) is 0 Å². The molecule has 0 heterocycles. The molecule has 0 fully saturated rings. The Labute approximate surface area is 193 Å². The summed E-state index contributed by atoms with van der Waals surface area (Å²) in [6.07, 6.45) is 23.1. The Morgan fingerprint density at radius 1 is 0.419 bits per heavy atom. The van der Waals surface area contributed by atoms with Gasteiger partial charge in [-0.05, 0) is 25.7 Å². The highest BCUT2D eigenvalue weighted by Crippen LogP contribution is 2.32. The number of aliphatic hydroxyl groups excluding tert-OH is 3. The van der Waals surface area contributed by atoms with Crippen molar-refractivity contribution in [3.63, 3.8) is 0 Å². The van der Waals surface area contributed by atoms with Gasteiger partial charge in [0.2, 0.25) is 0 Å². The van der Waals surface area contributed by atoms with Crippen LogP contribution in [0.5, 0.6) is 0 Å². The number of rotatable bonds is 24. The molecule has 0 rings (SSSR count). The fraction of sp³-hybridized carbons (Fsp3) is 1.00. The maximum absolute atomic E-state index is 9.48. The van der Waals surface area contributed by atoms with Gasteiger partial charge < -0.3 is 26.8 Å². The van der Waals surface area contributed by atoms with Gasteiger partial charge in [0.1, 0.15) is 0 Å². The summed E-state index contributed by atoms with van der Waals surface area (Å²) in [4.78, 5) is 0. The van der Waals surface area contributed by atoms with Gasteiger partial charge >= 0.3 is 0 Å². The first kappa shape index (κ1) is 30.8. The first-order valence-electron chi connectivity index (χ1n) is 13.4. The van der Waals surface area contributed by atoms with Gasteiger partial charge in [-0.15, -0.1) is 0 Å². The summed E-state index contributed by atoms with van der Waals surface area (Å²) in [6, 6.07) is 0. The van der Waals surface area contributed by atoms with Crippen LogP contribution in [0, 0.1) is 0 Å². The predicted molar refractivity (Wildman–Crippen MR) is 133 cm³/mol. The molecule has 1 atom stereocenters. The second-order valence-corrected chi connectivity index (χ2v) is 9.79. The predicted octanol–water partition coefficient (Wildman–Crippen LogP) is 5.18. The monoisotopic (exact) mass is 444 g/mol. The third-order valence-electron chi connectivity index (χ3n) is 7.14. The first-order chi connectivity index (χ1) is 15.0. The highest BCUT2D eigenvalue weighted by molar-refractivity contribution is 5.06. The number of unbranched alkanes of at least 4 members (excludes halogenated alkanes) is 15. The van der Waals surface area contributed by atoms with Crippen LogP contribution >= 0.6 is 0 Å². The van der Waals surface area contributed by atoms with Crippen LogP contribution < -0.4 is 11.5 Å². The van der Waals surface area contributed by atoms with E-state index in [2.05, 4.69) is 6.92 Å². The Bertz CT molecular complexity index is 376. The molecular formula is C26H56N2O3. The Hall–Kier alpha value is -0.200. The van der Waals surface area contributed by atoms with Crippen LogP contribution in [-0.2, 0) is 0 Å². The van der Waals surface area contributed by atoms with Crippen LogP contribution in [0.2, 0.25) is 0 Å². The van der Waals surface area contributed by atoms with E-state index in [0.29, 0.717) is 19.3 Å². The van der Waals surface area contributed by atoms with E-state index in [9.17, 15) is 15.3 Å². The molecule has 0 radical (unpaired) electrons. The molecule has 5 heteroatoms. The Morgan fingerprint density at radius 3 is 0.968 bits per heavy atom. The number of nitrogens with two attached hydrogens (primary N) is 2. The lowest BCUT2D eigenvalue weighted by Crippen LogP contribution is -2.67. The van der Waals surface area contributed by atoms with E-state index >= 15 is 0 Å². The lowest BCUT2D eigenvalue weighted by atomic mass is 9.69. The smallest absolute Gasteiger partial charge is 0.0449 e. The average Bonchev–Trinajstić information content (AvgIpc) is 2.74. The number of aliphatic hydroxyl groups is 3. The van der Waals surface area contributed by atoms with Crippen molar-refractivity contribution in [2.24, 2.45) is 11.5 Å². The fourth-order valence-electron chi connectivity index (χ4n) is 4.83. The van der Waals surface area contributed by atoms with E-state index in [4.69, 9.17) is 11.5 Å². The van der Waals surface area contributed by atoms with Gasteiger partial charge in [-0.1, -0.05) is 110 Å². The van der Waals surface area contributed by atoms with Crippen LogP contribution in [0.4, 0.5) is 0 Å². The Morgan fingerprint density at radius 2 is 0.677 bits per heavy atom. The lowest BCUT2D eigenvalue weighted by molar-refractivity contribution is 0.0917. The molecule has 0 saturated heterocycles. The molecule has 1 unspecified atom stereocenters. The maximum atomic E-state index is 9.48. The van der Waals surface area contributed by atoms with Gasteiger partial charge in [0.25, 0.3) is 0 Å². The van der Waals surface area contributed by atoms with Crippen molar-refractivity contribution < 1.29 is 15.3 Å². The van der Waals surface area contributed by atoms with Crippen molar-refractivity contribution in [3.8, 4) is 0 Å². The van der Waals surface area contributed by atoms with E-state index in [0.717, 1.165) is 19.3 Å². The van der Waals surface area contributed by atoms with Gasteiger partial charge in [-0.3, -0.25) is 0 Å². The van der Waals surface area contributed by atoms with Crippen molar-refractivity contribution in [2.75, 3.05) is 19.8 Å². The normalized spacial score (nSPS) is 14.1. The summed E-state index contributed by atoms with van der Waals surface area (Å²) in [5, 5.41) is 28.3. The second kappa shape index (κ2) is 20.4. The van der Waals surface area contributed by atoms with E-state index in [-0.39, 0.29) is 19.8 Å². The molecule has 5 nitrogen and oxygen atoms in total. The van der Waals surface area contributed by atoms with Gasteiger partial charge in [0.05, 0.1) is 0 Å². The number of hydrogen-bond donors (Lipinski definition) is 5. The Kier molecular flexibility index (Phi) is 20.3. The Balaban J connectivity index is 3.78. The molecule has 0 aromatic heterocycles. The van der Waals surface area contributed by atoms with Crippen LogP contribution in [0.3, 0.4) is 0 Å². The largest absolute Gasteiger partial charge is 0.396 e. The van der Waals surface area contributed by atoms with Crippen LogP contribution in [0.15, 0.2) is 0 Å². The van der Waals surface area contributed by atoms with Crippen LogP contribution in [0.25, 0.3) is 0 Å². The minimum atomic E-state index is -0.839. The summed E-state index contributed by atoms with van der Waals surface area (Å²) >= 11 is 0. The zero-order valence-corrected chi connectivity index (χ0v) is 20.8.